The zero-order valence-electron chi connectivity index (χ0n) is 19.5. The van der Waals surface area contributed by atoms with Gasteiger partial charge in [-0.25, -0.2) is 0 Å². The molecule has 0 radical (unpaired) electrons. The van der Waals surface area contributed by atoms with Crippen LogP contribution in [0.15, 0.2) is 60.0 Å². The first-order chi connectivity index (χ1) is 16.9. The number of ether oxygens (including phenoxy) is 1. The van der Waals surface area contributed by atoms with Crippen molar-refractivity contribution in [1.29, 1.82) is 0 Å². The Morgan fingerprint density at radius 1 is 1.14 bits per heavy atom. The van der Waals surface area contributed by atoms with Crippen molar-refractivity contribution in [3.63, 3.8) is 0 Å². The molecule has 182 valence electrons. The van der Waals surface area contributed by atoms with Gasteiger partial charge >= 0.3 is 0 Å². The third-order valence-corrected chi connectivity index (χ3v) is 7.53. The summed E-state index contributed by atoms with van der Waals surface area (Å²) in [5.41, 5.74) is 2.49. The molecule has 0 aliphatic carbocycles. The number of carbonyl (C=O) groups is 2. The van der Waals surface area contributed by atoms with Crippen LogP contribution in [0.3, 0.4) is 0 Å². The van der Waals surface area contributed by atoms with Crippen molar-refractivity contribution in [1.82, 2.24) is 4.90 Å². The number of hydrogen-bond donors (Lipinski definition) is 1. The van der Waals surface area contributed by atoms with E-state index in [1.165, 1.54) is 15.3 Å². The van der Waals surface area contributed by atoms with Gasteiger partial charge in [-0.15, -0.1) is 11.3 Å². The average Bonchev–Trinajstić information content (AvgIpc) is 3.35. The number of anilines is 2. The molecule has 1 saturated heterocycles. The normalized spacial score (nSPS) is 15.6. The molecule has 2 amide bonds. The minimum atomic E-state index is -0.693. The quantitative estimate of drug-likeness (QED) is 0.363. The highest BCUT2D eigenvalue weighted by Crippen LogP contribution is 2.30. The van der Waals surface area contributed by atoms with Crippen molar-refractivity contribution in [2.75, 3.05) is 23.4 Å². The zero-order valence-corrected chi connectivity index (χ0v) is 21.9. The predicted molar refractivity (Wildman–Crippen MR) is 146 cm³/mol. The predicted octanol–water partition coefficient (Wildman–Crippen LogP) is 5.68. The molecule has 9 heteroatoms. The van der Waals surface area contributed by atoms with Gasteiger partial charge in [-0.2, -0.15) is 0 Å². The molecule has 1 unspecified atom stereocenters. The minimum absolute atomic E-state index is 0.0153. The fourth-order valence-electron chi connectivity index (χ4n) is 3.99. The standard InChI is InChI=1S/C26H26ClN3O3S2/c1-3-33-21-10-8-20(9-11-21)30-25(32)22(16-24(31)28-19-6-4-18(27)5-7-19)29(26(30)34)14-12-23-17(2)13-15-35-23/h4-11,13,15,22H,3,12,14,16H2,1-2H3,(H,28,31). The van der Waals surface area contributed by atoms with E-state index in [1.807, 2.05) is 36.1 Å². The first-order valence-corrected chi connectivity index (χ1v) is 13.0. The molecule has 0 bridgehead atoms. The third kappa shape index (κ3) is 5.83. The van der Waals surface area contributed by atoms with Gasteiger partial charge in [-0.3, -0.25) is 14.5 Å². The van der Waals surface area contributed by atoms with Crippen LogP contribution in [0, 0.1) is 6.92 Å². The van der Waals surface area contributed by atoms with Crippen molar-refractivity contribution in [2.24, 2.45) is 0 Å². The summed E-state index contributed by atoms with van der Waals surface area (Å²) in [5.74, 6) is 0.241. The van der Waals surface area contributed by atoms with Gasteiger partial charge in [0.15, 0.2) is 5.11 Å². The third-order valence-electron chi connectivity index (χ3n) is 5.78. The molecule has 1 aliphatic rings. The number of halogens is 1. The molecule has 1 aromatic heterocycles. The molecule has 1 N–H and O–H groups in total. The summed E-state index contributed by atoms with van der Waals surface area (Å²) in [6.45, 7) is 5.09. The summed E-state index contributed by atoms with van der Waals surface area (Å²) in [6, 6.07) is 15.5. The van der Waals surface area contributed by atoms with Crippen LogP contribution in [0.2, 0.25) is 5.02 Å². The van der Waals surface area contributed by atoms with Gasteiger partial charge in [-0.1, -0.05) is 11.6 Å². The second-order valence-corrected chi connectivity index (χ2v) is 9.93. The number of thiophene rings is 1. The maximum Gasteiger partial charge on any atom is 0.256 e. The van der Waals surface area contributed by atoms with Crippen LogP contribution in [-0.4, -0.2) is 41.0 Å². The van der Waals surface area contributed by atoms with Crippen molar-refractivity contribution >= 4 is 63.5 Å². The topological polar surface area (TPSA) is 61.9 Å². The lowest BCUT2D eigenvalue weighted by molar-refractivity contribution is -0.124. The number of carbonyl (C=O) groups excluding carboxylic acids is 2. The zero-order chi connectivity index (χ0) is 24.9. The first kappa shape index (κ1) is 25.2. The number of benzene rings is 2. The molecule has 0 saturated carbocycles. The number of amides is 2. The fraction of sp³-hybridized carbons (Fsp3) is 0.269. The van der Waals surface area contributed by atoms with Gasteiger partial charge in [0.2, 0.25) is 5.91 Å². The van der Waals surface area contributed by atoms with E-state index in [9.17, 15) is 9.59 Å². The van der Waals surface area contributed by atoms with Crippen molar-refractivity contribution in [3.05, 3.63) is 75.4 Å². The van der Waals surface area contributed by atoms with E-state index < -0.39 is 6.04 Å². The van der Waals surface area contributed by atoms with Gasteiger partial charge in [0, 0.05) is 22.1 Å². The van der Waals surface area contributed by atoms with E-state index in [0.717, 1.165) is 12.2 Å². The SMILES string of the molecule is CCOc1ccc(N2C(=O)C(CC(=O)Nc3ccc(Cl)cc3)N(CCc3sccc3C)C2=S)cc1. The molecule has 4 rings (SSSR count). The maximum absolute atomic E-state index is 13.6. The van der Waals surface area contributed by atoms with Gasteiger partial charge in [0.1, 0.15) is 11.8 Å². The van der Waals surface area contributed by atoms with Crippen molar-refractivity contribution in [2.45, 2.75) is 32.7 Å². The Bertz CT molecular complexity index is 1210. The Morgan fingerprint density at radius 3 is 2.49 bits per heavy atom. The van der Waals surface area contributed by atoms with Crippen LogP contribution >= 0.6 is 35.2 Å². The molecule has 35 heavy (non-hydrogen) atoms. The monoisotopic (exact) mass is 527 g/mol. The Kier molecular flexibility index (Phi) is 8.05. The lowest BCUT2D eigenvalue weighted by Crippen LogP contribution is -2.39. The average molecular weight is 528 g/mol. The van der Waals surface area contributed by atoms with Crippen LogP contribution in [0.1, 0.15) is 23.8 Å². The van der Waals surface area contributed by atoms with Gasteiger partial charge in [-0.05, 0) is 98.0 Å². The highest BCUT2D eigenvalue weighted by molar-refractivity contribution is 7.80. The Hall–Kier alpha value is -2.94. The molecule has 2 aromatic carbocycles. The Balaban J connectivity index is 1.55. The molecule has 3 aromatic rings. The molecule has 6 nitrogen and oxygen atoms in total. The van der Waals surface area contributed by atoms with E-state index in [-0.39, 0.29) is 18.2 Å². The summed E-state index contributed by atoms with van der Waals surface area (Å²) in [6.07, 6.45) is 0.724. The summed E-state index contributed by atoms with van der Waals surface area (Å²) in [5, 5.41) is 5.90. The van der Waals surface area contributed by atoms with E-state index in [2.05, 4.69) is 23.7 Å². The number of nitrogens with zero attached hydrogens (tertiary/aromatic N) is 2. The van der Waals surface area contributed by atoms with E-state index in [4.69, 9.17) is 28.6 Å². The number of thiocarbonyl (C=S) groups is 1. The van der Waals surface area contributed by atoms with Crippen LogP contribution < -0.4 is 15.0 Å². The number of rotatable bonds is 9. The Labute approximate surface area is 219 Å². The highest BCUT2D eigenvalue weighted by Gasteiger charge is 2.44. The number of hydrogen-bond acceptors (Lipinski definition) is 5. The molecule has 1 fully saturated rings. The summed E-state index contributed by atoms with van der Waals surface area (Å²) < 4.78 is 5.52. The minimum Gasteiger partial charge on any atom is -0.494 e. The van der Waals surface area contributed by atoms with Crippen LogP contribution in [0.4, 0.5) is 11.4 Å². The van der Waals surface area contributed by atoms with Crippen LogP contribution in [0.25, 0.3) is 0 Å². The largest absolute Gasteiger partial charge is 0.494 e. The van der Waals surface area contributed by atoms with Gasteiger partial charge < -0.3 is 15.0 Å². The second-order valence-electron chi connectivity index (χ2n) is 8.13. The van der Waals surface area contributed by atoms with Crippen LogP contribution in [-0.2, 0) is 16.0 Å². The fourth-order valence-corrected chi connectivity index (χ4v) is 5.43. The number of aryl methyl sites for hydroxylation is 1. The molecular formula is C26H26ClN3O3S2. The van der Waals surface area contributed by atoms with E-state index >= 15 is 0 Å². The Morgan fingerprint density at radius 2 is 1.86 bits per heavy atom. The maximum atomic E-state index is 13.6. The summed E-state index contributed by atoms with van der Waals surface area (Å²) in [4.78, 5) is 31.1. The van der Waals surface area contributed by atoms with Crippen LogP contribution in [0.5, 0.6) is 5.75 Å². The summed E-state index contributed by atoms with van der Waals surface area (Å²) >= 11 is 13.4. The highest BCUT2D eigenvalue weighted by atomic mass is 35.5. The summed E-state index contributed by atoms with van der Waals surface area (Å²) in [7, 11) is 0. The molecule has 1 aliphatic heterocycles. The first-order valence-electron chi connectivity index (χ1n) is 11.3. The van der Waals surface area contributed by atoms with Crippen molar-refractivity contribution in [3.8, 4) is 5.75 Å². The van der Waals surface area contributed by atoms with E-state index in [1.54, 1.807) is 35.6 Å². The number of nitrogens with one attached hydrogen (secondary N) is 1. The van der Waals surface area contributed by atoms with Crippen molar-refractivity contribution < 1.29 is 14.3 Å². The molecule has 2 heterocycles. The van der Waals surface area contributed by atoms with Gasteiger partial charge in [0.05, 0.1) is 18.7 Å². The molecule has 0 spiro atoms. The lowest BCUT2D eigenvalue weighted by Gasteiger charge is -2.24. The molecular weight excluding hydrogens is 502 g/mol. The lowest BCUT2D eigenvalue weighted by atomic mass is 10.1. The smallest absolute Gasteiger partial charge is 0.256 e. The molecule has 1 atom stereocenters. The van der Waals surface area contributed by atoms with E-state index in [0.29, 0.717) is 34.7 Å². The second kappa shape index (κ2) is 11.2. The van der Waals surface area contributed by atoms with Gasteiger partial charge in [0.25, 0.3) is 5.91 Å².